The number of nitrogens with zero attached hydrogens (tertiary/aromatic N) is 1. The lowest BCUT2D eigenvalue weighted by Gasteiger charge is -2.25. The summed E-state index contributed by atoms with van der Waals surface area (Å²) < 4.78 is 0. The molecule has 1 aliphatic rings. The fraction of sp³-hybridized carbons (Fsp3) is 0.250. The predicted octanol–water partition coefficient (Wildman–Crippen LogP) is 1.86. The van der Waals surface area contributed by atoms with Crippen LogP contribution in [0.15, 0.2) is 18.2 Å². The summed E-state index contributed by atoms with van der Waals surface area (Å²) in [7, 11) is 2.03. The van der Waals surface area contributed by atoms with Gasteiger partial charge in [0.1, 0.15) is 5.69 Å². The molecule has 1 aliphatic heterocycles. The minimum absolute atomic E-state index is 0.343. The maximum atomic E-state index is 11.1. The van der Waals surface area contributed by atoms with Gasteiger partial charge in [0.05, 0.1) is 0 Å². The van der Waals surface area contributed by atoms with Crippen molar-refractivity contribution >= 4 is 22.6 Å². The van der Waals surface area contributed by atoms with E-state index in [-0.39, 0.29) is 0 Å². The van der Waals surface area contributed by atoms with Crippen LogP contribution < -0.4 is 4.90 Å². The van der Waals surface area contributed by atoms with Crippen molar-refractivity contribution in [2.75, 3.05) is 18.5 Å². The number of anilines is 1. The van der Waals surface area contributed by atoms with Crippen LogP contribution in [0.4, 0.5) is 5.69 Å². The molecule has 0 fully saturated rings. The molecule has 2 N–H and O–H groups in total. The first-order valence-corrected chi connectivity index (χ1v) is 5.26. The monoisotopic (exact) mass is 216 g/mol. The lowest BCUT2D eigenvalue weighted by Crippen LogP contribution is -2.24. The Morgan fingerprint density at radius 3 is 3.06 bits per heavy atom. The van der Waals surface area contributed by atoms with Gasteiger partial charge in [-0.25, -0.2) is 4.79 Å². The molecule has 0 spiro atoms. The molecular weight excluding hydrogens is 204 g/mol. The second-order valence-electron chi connectivity index (χ2n) is 4.15. The number of aromatic amines is 1. The summed E-state index contributed by atoms with van der Waals surface area (Å²) in [6, 6.07) is 5.91. The molecule has 1 aromatic heterocycles. The summed E-state index contributed by atoms with van der Waals surface area (Å²) in [5.41, 5.74) is 3.31. The number of rotatable bonds is 1. The number of aromatic carboxylic acids is 1. The zero-order chi connectivity index (χ0) is 11.3. The number of carboxylic acids is 1. The Morgan fingerprint density at radius 1 is 1.50 bits per heavy atom. The van der Waals surface area contributed by atoms with E-state index in [4.69, 9.17) is 5.11 Å². The fourth-order valence-electron chi connectivity index (χ4n) is 2.45. The summed E-state index contributed by atoms with van der Waals surface area (Å²) in [4.78, 5) is 16.3. The van der Waals surface area contributed by atoms with Gasteiger partial charge in [0.25, 0.3) is 0 Å². The zero-order valence-electron chi connectivity index (χ0n) is 8.95. The van der Waals surface area contributed by atoms with Crippen LogP contribution in [0.25, 0.3) is 10.9 Å². The molecule has 2 aromatic rings. The average Bonchev–Trinajstić information content (AvgIpc) is 2.64. The Morgan fingerprint density at radius 2 is 2.31 bits per heavy atom. The summed E-state index contributed by atoms with van der Waals surface area (Å²) in [5, 5.41) is 10.2. The molecule has 0 aliphatic carbocycles. The zero-order valence-corrected chi connectivity index (χ0v) is 8.95. The molecule has 2 heterocycles. The minimum Gasteiger partial charge on any atom is -0.477 e. The molecule has 4 heteroatoms. The summed E-state index contributed by atoms with van der Waals surface area (Å²) in [6.07, 6.45) is 0.787. The van der Waals surface area contributed by atoms with Crippen LogP contribution in [0.1, 0.15) is 16.1 Å². The third-order valence-corrected chi connectivity index (χ3v) is 3.23. The molecule has 1 aromatic carbocycles. The first-order valence-electron chi connectivity index (χ1n) is 5.26. The van der Waals surface area contributed by atoms with Crippen LogP contribution in [0.5, 0.6) is 0 Å². The maximum absolute atomic E-state index is 11.1. The number of carbonyl (C=O) groups is 1. The van der Waals surface area contributed by atoms with Crippen LogP contribution in [0, 0.1) is 0 Å². The smallest absolute Gasteiger partial charge is 0.352 e. The number of carboxylic acid groups (broad SMARTS) is 1. The number of H-pyrrole nitrogens is 1. The van der Waals surface area contributed by atoms with Crippen molar-refractivity contribution in [1.82, 2.24) is 4.98 Å². The van der Waals surface area contributed by atoms with E-state index >= 15 is 0 Å². The molecule has 0 saturated heterocycles. The Hall–Kier alpha value is -1.97. The predicted molar refractivity (Wildman–Crippen MR) is 62.2 cm³/mol. The Labute approximate surface area is 92.5 Å². The van der Waals surface area contributed by atoms with Gasteiger partial charge in [0.15, 0.2) is 0 Å². The van der Waals surface area contributed by atoms with Crippen molar-refractivity contribution in [3.63, 3.8) is 0 Å². The van der Waals surface area contributed by atoms with Crippen molar-refractivity contribution in [2.24, 2.45) is 0 Å². The molecule has 3 rings (SSSR count). The van der Waals surface area contributed by atoms with Crippen molar-refractivity contribution in [1.29, 1.82) is 0 Å². The lowest BCUT2D eigenvalue weighted by atomic mass is 10.0. The van der Waals surface area contributed by atoms with Gasteiger partial charge in [-0.15, -0.1) is 0 Å². The summed E-state index contributed by atoms with van der Waals surface area (Å²) in [5.74, 6) is -0.873. The van der Waals surface area contributed by atoms with Gasteiger partial charge in [-0.3, -0.25) is 0 Å². The minimum atomic E-state index is -0.873. The number of nitrogens with one attached hydrogen (secondary N) is 1. The van der Waals surface area contributed by atoms with Crippen molar-refractivity contribution in [3.8, 4) is 0 Å². The Kier molecular flexibility index (Phi) is 1.74. The van der Waals surface area contributed by atoms with Crippen molar-refractivity contribution in [3.05, 3.63) is 29.5 Å². The number of benzene rings is 1. The molecule has 0 saturated carbocycles. The van der Waals surface area contributed by atoms with Crippen LogP contribution in [-0.2, 0) is 6.42 Å². The Bertz CT molecular complexity index is 586. The molecule has 0 atom stereocenters. The van der Waals surface area contributed by atoms with Crippen molar-refractivity contribution < 1.29 is 9.90 Å². The fourth-order valence-corrected chi connectivity index (χ4v) is 2.45. The molecule has 0 radical (unpaired) electrons. The molecule has 16 heavy (non-hydrogen) atoms. The van der Waals surface area contributed by atoms with Gasteiger partial charge in [-0.05, 0) is 24.1 Å². The van der Waals surface area contributed by atoms with E-state index in [0.717, 1.165) is 35.1 Å². The van der Waals surface area contributed by atoms with E-state index in [1.807, 2.05) is 25.2 Å². The topological polar surface area (TPSA) is 56.3 Å². The summed E-state index contributed by atoms with van der Waals surface area (Å²) >= 11 is 0. The van der Waals surface area contributed by atoms with E-state index < -0.39 is 5.97 Å². The lowest BCUT2D eigenvalue weighted by molar-refractivity contribution is 0.0690. The molecule has 0 bridgehead atoms. The largest absolute Gasteiger partial charge is 0.477 e. The molecular formula is C12H12N2O2. The van der Waals surface area contributed by atoms with Gasteiger partial charge in [0.2, 0.25) is 0 Å². The van der Waals surface area contributed by atoms with Gasteiger partial charge in [-0.2, -0.15) is 0 Å². The first kappa shape index (κ1) is 9.27. The van der Waals surface area contributed by atoms with Crippen LogP contribution >= 0.6 is 0 Å². The number of hydrogen-bond acceptors (Lipinski definition) is 2. The highest BCUT2D eigenvalue weighted by Crippen LogP contribution is 2.35. The second kappa shape index (κ2) is 3.01. The van der Waals surface area contributed by atoms with E-state index in [0.29, 0.717) is 5.69 Å². The highest BCUT2D eigenvalue weighted by molar-refractivity contribution is 6.03. The average molecular weight is 216 g/mol. The van der Waals surface area contributed by atoms with E-state index in [2.05, 4.69) is 9.88 Å². The highest BCUT2D eigenvalue weighted by Gasteiger charge is 2.23. The standard InChI is InChI=1S/C12H12N2O2/c1-14-6-5-7-10-8(3-2-4-9(10)14)13-11(7)12(15)16/h2-4,13H,5-6H2,1H3,(H,15,16). The maximum Gasteiger partial charge on any atom is 0.352 e. The van der Waals surface area contributed by atoms with Gasteiger partial charge >= 0.3 is 5.97 Å². The quantitative estimate of drug-likeness (QED) is 0.765. The Balaban J connectivity index is 2.41. The molecule has 4 nitrogen and oxygen atoms in total. The number of likely N-dealkylation sites (N-methyl/N-ethyl adjacent to an activating group) is 1. The summed E-state index contributed by atoms with van der Waals surface area (Å²) in [6.45, 7) is 0.865. The molecule has 82 valence electrons. The van der Waals surface area contributed by atoms with Crippen LogP contribution in [0.2, 0.25) is 0 Å². The van der Waals surface area contributed by atoms with Crippen molar-refractivity contribution in [2.45, 2.75) is 6.42 Å². The third kappa shape index (κ3) is 1.07. The van der Waals surface area contributed by atoms with Gasteiger partial charge < -0.3 is 15.0 Å². The van der Waals surface area contributed by atoms with Gasteiger partial charge in [-0.1, -0.05) is 6.07 Å². The van der Waals surface area contributed by atoms with E-state index in [1.54, 1.807) is 0 Å². The highest BCUT2D eigenvalue weighted by atomic mass is 16.4. The normalized spacial score (nSPS) is 14.4. The number of hydrogen-bond donors (Lipinski definition) is 2. The third-order valence-electron chi connectivity index (χ3n) is 3.23. The van der Waals surface area contributed by atoms with Gasteiger partial charge in [0, 0.05) is 30.2 Å². The molecule has 0 unspecified atom stereocenters. The molecule has 0 amide bonds. The van der Waals surface area contributed by atoms with E-state index in [9.17, 15) is 4.79 Å². The number of aromatic nitrogens is 1. The second-order valence-corrected chi connectivity index (χ2v) is 4.15. The van der Waals surface area contributed by atoms with E-state index in [1.165, 1.54) is 0 Å². The van der Waals surface area contributed by atoms with Crippen LogP contribution in [0.3, 0.4) is 0 Å². The van der Waals surface area contributed by atoms with Crippen LogP contribution in [-0.4, -0.2) is 29.7 Å². The first-order chi connectivity index (χ1) is 7.68. The SMILES string of the molecule is CN1CCc2c(C(=O)O)[nH]c3cccc1c23.